The molecule has 0 radical (unpaired) electrons. The number of amides is 1. The summed E-state index contributed by atoms with van der Waals surface area (Å²) in [4.78, 5) is 20.3. The normalized spacial score (nSPS) is 11.9. The predicted molar refractivity (Wildman–Crippen MR) is 78.4 cm³/mol. The van der Waals surface area contributed by atoms with Gasteiger partial charge in [-0.2, -0.15) is 0 Å². The van der Waals surface area contributed by atoms with Crippen LogP contribution in [-0.4, -0.2) is 15.9 Å². The Morgan fingerprint density at radius 1 is 1.15 bits per heavy atom. The van der Waals surface area contributed by atoms with Gasteiger partial charge in [0, 0.05) is 6.20 Å². The van der Waals surface area contributed by atoms with Crippen molar-refractivity contribution in [3.8, 4) is 0 Å². The van der Waals surface area contributed by atoms with Gasteiger partial charge in [0.2, 0.25) is 0 Å². The maximum atomic E-state index is 12.2. The van der Waals surface area contributed by atoms with Crippen LogP contribution in [0.4, 0.5) is 0 Å². The zero-order chi connectivity index (χ0) is 14.5. The van der Waals surface area contributed by atoms with Crippen LogP contribution in [0.2, 0.25) is 0 Å². The zero-order valence-electron chi connectivity index (χ0n) is 12.1. The van der Waals surface area contributed by atoms with E-state index in [1.54, 1.807) is 6.20 Å². The third kappa shape index (κ3) is 3.41. The fourth-order valence-corrected chi connectivity index (χ4v) is 1.96. The Morgan fingerprint density at radius 2 is 1.85 bits per heavy atom. The zero-order valence-corrected chi connectivity index (χ0v) is 12.1. The number of carbonyl (C=O) groups is 1. The fourth-order valence-electron chi connectivity index (χ4n) is 1.96. The van der Waals surface area contributed by atoms with Crippen molar-refractivity contribution in [3.63, 3.8) is 0 Å². The lowest BCUT2D eigenvalue weighted by molar-refractivity contribution is 0.0930. The Bertz CT molecular complexity index is 576. The topological polar surface area (TPSA) is 54.9 Å². The summed E-state index contributed by atoms with van der Waals surface area (Å²) in [5.74, 6) is -0.190. The first-order chi connectivity index (χ1) is 9.60. The summed E-state index contributed by atoms with van der Waals surface area (Å²) >= 11 is 0. The van der Waals surface area contributed by atoms with E-state index < -0.39 is 0 Å². The van der Waals surface area contributed by atoms with Crippen LogP contribution in [0.5, 0.6) is 0 Å². The molecule has 104 valence electrons. The molecule has 4 nitrogen and oxygen atoms in total. The van der Waals surface area contributed by atoms with Crippen molar-refractivity contribution in [3.05, 3.63) is 59.2 Å². The van der Waals surface area contributed by atoms with E-state index in [2.05, 4.69) is 27.4 Å². The monoisotopic (exact) mass is 269 g/mol. The molecule has 0 aliphatic heterocycles. The molecule has 2 aromatic rings. The number of nitrogens with one attached hydrogen (secondary N) is 1. The van der Waals surface area contributed by atoms with E-state index in [9.17, 15) is 4.79 Å². The van der Waals surface area contributed by atoms with Gasteiger partial charge < -0.3 is 5.32 Å². The van der Waals surface area contributed by atoms with Crippen LogP contribution in [0.25, 0.3) is 0 Å². The van der Waals surface area contributed by atoms with Gasteiger partial charge in [0.1, 0.15) is 5.69 Å². The molecule has 0 unspecified atom stereocenters. The average Bonchev–Trinajstić information content (AvgIpc) is 2.46. The molecule has 1 heterocycles. The van der Waals surface area contributed by atoms with Gasteiger partial charge in [-0.15, -0.1) is 0 Å². The lowest BCUT2D eigenvalue weighted by Gasteiger charge is -2.17. The minimum Gasteiger partial charge on any atom is -0.344 e. The number of rotatable bonds is 4. The van der Waals surface area contributed by atoms with Gasteiger partial charge in [0.05, 0.1) is 17.9 Å². The highest BCUT2D eigenvalue weighted by Crippen LogP contribution is 2.17. The molecular formula is C16H19N3O. The minimum absolute atomic E-state index is 0.00815. The predicted octanol–water partition coefficient (Wildman–Crippen LogP) is 2.97. The molecule has 0 aliphatic carbocycles. The Balaban J connectivity index is 2.11. The van der Waals surface area contributed by atoms with Gasteiger partial charge in [0.25, 0.3) is 5.91 Å². The van der Waals surface area contributed by atoms with Crippen molar-refractivity contribution in [2.24, 2.45) is 0 Å². The number of carbonyl (C=O) groups excluding carboxylic acids is 1. The maximum Gasteiger partial charge on any atom is 0.271 e. The van der Waals surface area contributed by atoms with E-state index in [4.69, 9.17) is 0 Å². The summed E-state index contributed by atoms with van der Waals surface area (Å²) < 4.78 is 0. The second-order valence-corrected chi connectivity index (χ2v) is 4.89. The molecule has 4 heteroatoms. The van der Waals surface area contributed by atoms with Gasteiger partial charge in [-0.1, -0.05) is 36.8 Å². The van der Waals surface area contributed by atoms with E-state index in [0.29, 0.717) is 5.69 Å². The molecule has 2 rings (SSSR count). The molecule has 1 atom stereocenters. The van der Waals surface area contributed by atoms with Gasteiger partial charge >= 0.3 is 0 Å². The lowest BCUT2D eigenvalue weighted by Crippen LogP contribution is -2.29. The summed E-state index contributed by atoms with van der Waals surface area (Å²) in [6.07, 6.45) is 3.93. The molecular weight excluding hydrogens is 250 g/mol. The van der Waals surface area contributed by atoms with Crippen molar-refractivity contribution >= 4 is 5.91 Å². The molecule has 0 aliphatic rings. The van der Waals surface area contributed by atoms with Gasteiger partial charge in [-0.05, 0) is 25.8 Å². The van der Waals surface area contributed by atoms with Crippen molar-refractivity contribution < 1.29 is 4.79 Å². The van der Waals surface area contributed by atoms with E-state index in [0.717, 1.165) is 17.7 Å². The molecule has 1 aromatic heterocycles. The smallest absolute Gasteiger partial charge is 0.271 e. The van der Waals surface area contributed by atoms with Crippen LogP contribution in [-0.2, 0) is 0 Å². The second kappa shape index (κ2) is 6.28. The highest BCUT2D eigenvalue weighted by molar-refractivity contribution is 5.92. The second-order valence-electron chi connectivity index (χ2n) is 4.89. The first-order valence-corrected chi connectivity index (χ1v) is 6.76. The Labute approximate surface area is 119 Å². The Kier molecular flexibility index (Phi) is 4.45. The molecule has 0 saturated carbocycles. The van der Waals surface area contributed by atoms with Crippen LogP contribution in [0.1, 0.15) is 46.7 Å². The van der Waals surface area contributed by atoms with Crippen LogP contribution in [0, 0.1) is 13.8 Å². The van der Waals surface area contributed by atoms with Gasteiger partial charge in [-0.25, -0.2) is 4.98 Å². The molecule has 1 amide bonds. The SMILES string of the molecule is CC[C@H](NC(=O)c1cnc(C)cn1)c1ccc(C)cc1. The number of benzene rings is 1. The lowest BCUT2D eigenvalue weighted by atomic mass is 10.0. The first-order valence-electron chi connectivity index (χ1n) is 6.76. The van der Waals surface area contributed by atoms with E-state index in [-0.39, 0.29) is 11.9 Å². The van der Waals surface area contributed by atoms with E-state index >= 15 is 0 Å². The van der Waals surface area contributed by atoms with Crippen LogP contribution in [0.3, 0.4) is 0 Å². The third-order valence-corrected chi connectivity index (χ3v) is 3.21. The van der Waals surface area contributed by atoms with Crippen molar-refractivity contribution in [2.45, 2.75) is 33.2 Å². The molecule has 0 bridgehead atoms. The van der Waals surface area contributed by atoms with Crippen molar-refractivity contribution in [1.82, 2.24) is 15.3 Å². The van der Waals surface area contributed by atoms with Gasteiger partial charge in [0.15, 0.2) is 0 Å². The summed E-state index contributed by atoms with van der Waals surface area (Å²) in [5.41, 5.74) is 3.46. The van der Waals surface area contributed by atoms with Crippen LogP contribution in [0.15, 0.2) is 36.7 Å². The quantitative estimate of drug-likeness (QED) is 0.928. The van der Waals surface area contributed by atoms with E-state index in [1.807, 2.05) is 32.9 Å². The largest absolute Gasteiger partial charge is 0.344 e. The molecule has 0 saturated heterocycles. The summed E-state index contributed by atoms with van der Waals surface area (Å²) in [6, 6.07) is 8.19. The fraction of sp³-hybridized carbons (Fsp3) is 0.312. The summed E-state index contributed by atoms with van der Waals surface area (Å²) in [5, 5.41) is 3.00. The summed E-state index contributed by atoms with van der Waals surface area (Å²) in [7, 11) is 0. The Morgan fingerprint density at radius 3 is 2.40 bits per heavy atom. The van der Waals surface area contributed by atoms with Gasteiger partial charge in [-0.3, -0.25) is 9.78 Å². The first kappa shape index (κ1) is 14.2. The number of aryl methyl sites for hydroxylation is 2. The number of aromatic nitrogens is 2. The average molecular weight is 269 g/mol. The summed E-state index contributed by atoms with van der Waals surface area (Å²) in [6.45, 7) is 5.94. The van der Waals surface area contributed by atoms with Crippen LogP contribution < -0.4 is 5.32 Å². The molecule has 1 aromatic carbocycles. The highest BCUT2D eigenvalue weighted by atomic mass is 16.1. The van der Waals surface area contributed by atoms with Crippen molar-refractivity contribution in [1.29, 1.82) is 0 Å². The molecule has 0 spiro atoms. The number of hydrogen-bond acceptors (Lipinski definition) is 3. The van der Waals surface area contributed by atoms with Crippen molar-refractivity contribution in [2.75, 3.05) is 0 Å². The number of nitrogens with zero attached hydrogens (tertiary/aromatic N) is 2. The molecule has 20 heavy (non-hydrogen) atoms. The minimum atomic E-state index is -0.190. The van der Waals surface area contributed by atoms with E-state index in [1.165, 1.54) is 11.8 Å². The maximum absolute atomic E-state index is 12.2. The Hall–Kier alpha value is -2.23. The molecule has 1 N–H and O–H groups in total. The standard InChI is InChI=1S/C16H19N3O/c1-4-14(13-7-5-11(2)6-8-13)19-16(20)15-10-17-12(3)9-18-15/h5-10,14H,4H2,1-3H3,(H,19,20)/t14-/m0/s1. The number of hydrogen-bond donors (Lipinski definition) is 1. The van der Waals surface area contributed by atoms with Crippen LogP contribution >= 0.6 is 0 Å². The molecule has 0 fully saturated rings. The third-order valence-electron chi connectivity index (χ3n) is 3.21. The highest BCUT2D eigenvalue weighted by Gasteiger charge is 2.15.